The molecule has 3 N–H and O–H groups in total. The topological polar surface area (TPSA) is 59.7 Å². The molecule has 0 spiro atoms. The Hall–Kier alpha value is -2.11. The molecule has 0 unspecified atom stereocenters. The Labute approximate surface area is 160 Å². The van der Waals surface area contributed by atoms with Crippen molar-refractivity contribution in [3.05, 3.63) is 41.1 Å². The fourth-order valence-corrected chi connectivity index (χ4v) is 4.60. The van der Waals surface area contributed by atoms with Crippen LogP contribution in [0.25, 0.3) is 22.3 Å². The largest absolute Gasteiger partial charge is 0.353 e. The highest BCUT2D eigenvalue weighted by Crippen LogP contribution is 2.31. The monoisotopic (exact) mass is 363 g/mol. The minimum absolute atomic E-state index is 0.647. The smallest absolute Gasteiger partial charge is 0.112 e. The summed E-state index contributed by atoms with van der Waals surface area (Å²) in [5, 5.41) is 12.9. The Bertz CT molecular complexity index is 929. The van der Waals surface area contributed by atoms with Gasteiger partial charge in [0.2, 0.25) is 0 Å². The number of fused-ring (bicyclic) bond motifs is 2. The van der Waals surface area contributed by atoms with E-state index in [0.29, 0.717) is 6.04 Å². The van der Waals surface area contributed by atoms with Gasteiger partial charge in [-0.05, 0) is 82.4 Å². The number of aryl methyl sites for hydroxylation is 1. The van der Waals surface area contributed by atoms with Crippen molar-refractivity contribution in [1.82, 2.24) is 25.4 Å². The lowest BCUT2D eigenvalue weighted by Crippen LogP contribution is -2.40. The molecule has 3 aromatic rings. The molecule has 3 heterocycles. The van der Waals surface area contributed by atoms with Gasteiger partial charge >= 0.3 is 0 Å². The molecule has 0 atom stereocenters. The van der Waals surface area contributed by atoms with Crippen molar-refractivity contribution in [3.8, 4) is 11.4 Å². The van der Waals surface area contributed by atoms with Crippen molar-refractivity contribution < 1.29 is 0 Å². The normalized spacial score (nSPS) is 18.9. The molecule has 5 rings (SSSR count). The highest BCUT2D eigenvalue weighted by molar-refractivity contribution is 5.86. The minimum atomic E-state index is 0.647. The average molecular weight is 364 g/mol. The molecule has 27 heavy (non-hydrogen) atoms. The minimum Gasteiger partial charge on any atom is -0.353 e. The molecule has 1 aliphatic carbocycles. The summed E-state index contributed by atoms with van der Waals surface area (Å²) in [4.78, 5) is 5.99. The Morgan fingerprint density at radius 2 is 2.00 bits per heavy atom. The zero-order valence-corrected chi connectivity index (χ0v) is 16.1. The number of H-pyrrole nitrogens is 2. The molecule has 142 valence electrons. The van der Waals surface area contributed by atoms with Crippen molar-refractivity contribution in [2.24, 2.45) is 0 Å². The third-order valence-electron chi connectivity index (χ3n) is 6.31. The lowest BCUT2D eigenvalue weighted by Gasteiger charge is -2.29. The fraction of sp³-hybridized carbons (Fsp3) is 0.500. The molecule has 0 saturated carbocycles. The van der Waals surface area contributed by atoms with E-state index in [2.05, 4.69) is 56.7 Å². The van der Waals surface area contributed by atoms with E-state index in [0.717, 1.165) is 30.8 Å². The highest BCUT2D eigenvalue weighted by Gasteiger charge is 2.19. The van der Waals surface area contributed by atoms with Gasteiger partial charge in [0.25, 0.3) is 0 Å². The van der Waals surface area contributed by atoms with Gasteiger partial charge in [-0.15, -0.1) is 0 Å². The molecule has 2 aromatic heterocycles. The summed E-state index contributed by atoms with van der Waals surface area (Å²) in [5.74, 6) is 0. The van der Waals surface area contributed by atoms with Crippen molar-refractivity contribution in [1.29, 1.82) is 0 Å². The van der Waals surface area contributed by atoms with Crippen LogP contribution in [0.15, 0.2) is 24.3 Å². The van der Waals surface area contributed by atoms with Crippen molar-refractivity contribution in [2.75, 3.05) is 20.1 Å². The summed E-state index contributed by atoms with van der Waals surface area (Å²) in [6.45, 7) is 3.35. The van der Waals surface area contributed by atoms with Crippen LogP contribution in [0.5, 0.6) is 0 Å². The van der Waals surface area contributed by atoms with Crippen LogP contribution < -0.4 is 5.32 Å². The van der Waals surface area contributed by atoms with Crippen molar-refractivity contribution >= 4 is 10.9 Å². The van der Waals surface area contributed by atoms with Crippen LogP contribution in [0, 0.1) is 0 Å². The molecule has 1 aliphatic heterocycles. The fourth-order valence-electron chi connectivity index (χ4n) is 4.60. The maximum absolute atomic E-state index is 4.62. The number of nitrogens with zero attached hydrogens (tertiary/aromatic N) is 2. The van der Waals surface area contributed by atoms with E-state index in [1.807, 2.05) is 0 Å². The molecule has 1 fully saturated rings. The Kier molecular flexibility index (Phi) is 4.50. The first-order valence-electron chi connectivity index (χ1n) is 10.4. The van der Waals surface area contributed by atoms with Crippen molar-refractivity contribution in [2.45, 2.75) is 51.1 Å². The van der Waals surface area contributed by atoms with Gasteiger partial charge in [0.1, 0.15) is 5.69 Å². The lowest BCUT2D eigenvalue weighted by atomic mass is 9.95. The van der Waals surface area contributed by atoms with Crippen LogP contribution in [0.1, 0.15) is 42.5 Å². The zero-order chi connectivity index (χ0) is 18.2. The van der Waals surface area contributed by atoms with Gasteiger partial charge in [0, 0.05) is 34.7 Å². The highest BCUT2D eigenvalue weighted by atomic mass is 15.1. The Balaban J connectivity index is 1.33. The first-order valence-corrected chi connectivity index (χ1v) is 10.4. The van der Waals surface area contributed by atoms with Gasteiger partial charge in [0.05, 0.1) is 5.69 Å². The standard InChI is InChI=1S/C22H29N5/c1-27-10-8-17(9-11-27)23-14-15-6-7-19-16(12-15)13-21(24-19)22-18-4-2-3-5-20(18)25-26-22/h6-7,12-13,17,23-24H,2-5,8-11,14H2,1H3,(H,25,26). The van der Waals surface area contributed by atoms with E-state index in [-0.39, 0.29) is 0 Å². The first-order chi connectivity index (χ1) is 13.3. The molecule has 0 amide bonds. The van der Waals surface area contributed by atoms with Gasteiger partial charge < -0.3 is 15.2 Å². The number of benzene rings is 1. The maximum Gasteiger partial charge on any atom is 0.112 e. The van der Waals surface area contributed by atoms with Crippen LogP contribution in [-0.4, -0.2) is 46.3 Å². The molecule has 5 heteroatoms. The molecular weight excluding hydrogens is 334 g/mol. The quantitative estimate of drug-likeness (QED) is 0.663. The van der Waals surface area contributed by atoms with Gasteiger partial charge in [-0.25, -0.2) is 0 Å². The van der Waals surface area contributed by atoms with E-state index in [1.54, 1.807) is 0 Å². The average Bonchev–Trinajstić information content (AvgIpc) is 3.31. The molecule has 2 aliphatic rings. The second kappa shape index (κ2) is 7.13. The summed E-state index contributed by atoms with van der Waals surface area (Å²) in [6, 6.07) is 9.68. The van der Waals surface area contributed by atoms with E-state index in [4.69, 9.17) is 0 Å². The number of hydrogen-bond donors (Lipinski definition) is 3. The Morgan fingerprint density at radius 3 is 2.89 bits per heavy atom. The third-order valence-corrected chi connectivity index (χ3v) is 6.31. The number of rotatable bonds is 4. The van der Waals surface area contributed by atoms with Gasteiger partial charge in [-0.1, -0.05) is 6.07 Å². The van der Waals surface area contributed by atoms with Crippen LogP contribution in [0.3, 0.4) is 0 Å². The number of nitrogens with one attached hydrogen (secondary N) is 3. The lowest BCUT2D eigenvalue weighted by molar-refractivity contribution is 0.234. The van der Waals surface area contributed by atoms with E-state index >= 15 is 0 Å². The van der Waals surface area contributed by atoms with Crippen LogP contribution in [0.2, 0.25) is 0 Å². The molecule has 1 aromatic carbocycles. The SMILES string of the molecule is CN1CCC(NCc2ccc3[nH]c(-c4n[nH]c5c4CCCC5)cc3c2)CC1. The van der Waals surface area contributed by atoms with Gasteiger partial charge in [-0.3, -0.25) is 5.10 Å². The molecule has 5 nitrogen and oxygen atoms in total. The summed E-state index contributed by atoms with van der Waals surface area (Å²) in [6.07, 6.45) is 7.31. The number of likely N-dealkylation sites (tertiary alicyclic amines) is 1. The Morgan fingerprint density at radius 1 is 1.15 bits per heavy atom. The second-order valence-corrected chi connectivity index (χ2v) is 8.30. The van der Waals surface area contributed by atoms with Gasteiger partial charge in [0.15, 0.2) is 0 Å². The number of hydrogen-bond acceptors (Lipinski definition) is 3. The number of aromatic nitrogens is 3. The summed E-state index contributed by atoms with van der Waals surface area (Å²) in [5.41, 5.74) is 7.56. The van der Waals surface area contributed by atoms with E-state index < -0.39 is 0 Å². The summed E-state index contributed by atoms with van der Waals surface area (Å²) >= 11 is 0. The van der Waals surface area contributed by atoms with Crippen LogP contribution in [0.4, 0.5) is 0 Å². The number of piperidine rings is 1. The summed E-state index contributed by atoms with van der Waals surface area (Å²) in [7, 11) is 2.21. The third kappa shape index (κ3) is 3.42. The molecular formula is C22H29N5. The molecule has 0 radical (unpaired) electrons. The van der Waals surface area contributed by atoms with Gasteiger partial charge in [-0.2, -0.15) is 5.10 Å². The predicted octanol–water partition coefficient (Wildman–Crippen LogP) is 3.62. The van der Waals surface area contributed by atoms with E-state index in [1.165, 1.54) is 66.5 Å². The van der Waals surface area contributed by atoms with Crippen LogP contribution in [-0.2, 0) is 19.4 Å². The predicted molar refractivity (Wildman–Crippen MR) is 110 cm³/mol. The van der Waals surface area contributed by atoms with E-state index in [9.17, 15) is 0 Å². The van der Waals surface area contributed by atoms with Crippen LogP contribution >= 0.6 is 0 Å². The number of aromatic amines is 2. The van der Waals surface area contributed by atoms with Crippen molar-refractivity contribution in [3.63, 3.8) is 0 Å². The molecule has 1 saturated heterocycles. The summed E-state index contributed by atoms with van der Waals surface area (Å²) < 4.78 is 0. The maximum atomic E-state index is 4.62. The first kappa shape index (κ1) is 17.0. The zero-order valence-electron chi connectivity index (χ0n) is 16.1. The second-order valence-electron chi connectivity index (χ2n) is 8.30. The molecule has 0 bridgehead atoms.